The third-order valence-corrected chi connectivity index (χ3v) is 12.3. The first-order valence-electron chi connectivity index (χ1n) is 13.0. The van der Waals surface area contributed by atoms with Crippen molar-refractivity contribution in [3.05, 3.63) is 104 Å². The van der Waals surface area contributed by atoms with Gasteiger partial charge in [-0.15, -0.1) is 10.2 Å². The zero-order valence-corrected chi connectivity index (χ0v) is 30.0. The van der Waals surface area contributed by atoms with E-state index in [9.17, 15) is 25.3 Å². The van der Waals surface area contributed by atoms with Gasteiger partial charge in [-0.25, -0.2) is 34.7 Å². The molecule has 0 saturated carbocycles. The SMILES string of the molecule is O=S(=O)(Nc1nnc(-c2ccc(S(=O)(=O)c3ccc(-c4nnc(NS(=O)(=O)c5ccc(I)cc5)o4)cc3)cc2)o1)c1ccc(I)cc1. The molecular formula is C28H18I2N6O8S3. The largest absolute Gasteiger partial charge is 0.403 e. The van der Waals surface area contributed by atoms with Gasteiger partial charge >= 0.3 is 12.0 Å². The fourth-order valence-corrected chi connectivity index (χ4v) is 7.86. The molecule has 6 aromatic rings. The second-order valence-electron chi connectivity index (χ2n) is 9.50. The van der Waals surface area contributed by atoms with Crippen LogP contribution >= 0.6 is 45.2 Å². The number of sulfone groups is 1. The van der Waals surface area contributed by atoms with Gasteiger partial charge in [0, 0.05) is 18.3 Å². The molecule has 0 aliphatic rings. The molecule has 0 unspecified atom stereocenters. The van der Waals surface area contributed by atoms with Crippen LogP contribution in [0.5, 0.6) is 0 Å². The first-order valence-corrected chi connectivity index (χ1v) is 19.6. The van der Waals surface area contributed by atoms with E-state index in [0.29, 0.717) is 11.1 Å². The lowest BCUT2D eigenvalue weighted by molar-refractivity contribution is 0.575. The van der Waals surface area contributed by atoms with Crippen LogP contribution in [0.2, 0.25) is 0 Å². The minimum atomic E-state index is -3.96. The van der Waals surface area contributed by atoms with Crippen LogP contribution in [0.1, 0.15) is 0 Å². The molecule has 47 heavy (non-hydrogen) atoms. The third kappa shape index (κ3) is 7.32. The maximum Gasteiger partial charge on any atom is 0.330 e. The first-order chi connectivity index (χ1) is 22.3. The Kier molecular flexibility index (Phi) is 9.08. The van der Waals surface area contributed by atoms with Crippen molar-refractivity contribution >= 4 is 87.1 Å². The Morgan fingerprint density at radius 1 is 0.447 bits per heavy atom. The Morgan fingerprint density at radius 3 is 1.11 bits per heavy atom. The number of sulfonamides is 2. The standard InChI is InChI=1S/C28H18I2N6O8S3/c29-19-5-13-23(14-6-19)46(39,40)35-27-33-31-25(43-27)17-1-9-21(10-2-17)45(37,38)22-11-3-18(4-12-22)26-32-34-28(44-26)36-47(41,42)24-15-7-20(30)8-16-24/h1-16H,(H,33,35)(H,34,36). The van der Waals surface area contributed by atoms with Gasteiger partial charge in [0.2, 0.25) is 21.6 Å². The summed E-state index contributed by atoms with van der Waals surface area (Å²) in [6, 6.07) is 22.8. The summed E-state index contributed by atoms with van der Waals surface area (Å²) >= 11 is 4.12. The molecule has 2 heterocycles. The van der Waals surface area contributed by atoms with Crippen LogP contribution in [0.15, 0.2) is 125 Å². The molecule has 2 aromatic heterocycles. The zero-order valence-electron chi connectivity index (χ0n) is 23.3. The molecule has 19 heteroatoms. The second kappa shape index (κ2) is 12.9. The van der Waals surface area contributed by atoms with Crippen LogP contribution < -0.4 is 9.44 Å². The molecule has 4 aromatic carbocycles. The van der Waals surface area contributed by atoms with Crippen LogP contribution in [0.4, 0.5) is 12.0 Å². The minimum absolute atomic E-state index is 0.0169. The van der Waals surface area contributed by atoms with Gasteiger partial charge in [0.15, 0.2) is 0 Å². The first kappa shape index (κ1) is 33.0. The maximum absolute atomic E-state index is 13.3. The fraction of sp³-hybridized carbons (Fsp3) is 0. The Hall–Kier alpha value is -3.93. The quantitative estimate of drug-likeness (QED) is 0.165. The molecule has 0 radical (unpaired) electrons. The lowest BCUT2D eigenvalue weighted by Gasteiger charge is -2.06. The van der Waals surface area contributed by atoms with Gasteiger partial charge in [-0.1, -0.05) is 10.2 Å². The van der Waals surface area contributed by atoms with Gasteiger partial charge < -0.3 is 8.83 Å². The zero-order chi connectivity index (χ0) is 33.4. The molecule has 0 atom stereocenters. The van der Waals surface area contributed by atoms with Crippen LogP contribution in [0.3, 0.4) is 0 Å². The van der Waals surface area contributed by atoms with E-state index in [2.05, 4.69) is 75.0 Å². The average molecular weight is 916 g/mol. The van der Waals surface area contributed by atoms with Crippen molar-refractivity contribution < 1.29 is 34.1 Å². The Morgan fingerprint density at radius 2 is 0.766 bits per heavy atom. The van der Waals surface area contributed by atoms with Crippen molar-refractivity contribution in [3.8, 4) is 22.9 Å². The molecule has 0 aliphatic heterocycles. The van der Waals surface area contributed by atoms with Crippen molar-refractivity contribution in [1.29, 1.82) is 0 Å². The number of nitrogens with zero attached hydrogens (tertiary/aromatic N) is 4. The van der Waals surface area contributed by atoms with Gasteiger partial charge in [-0.3, -0.25) is 0 Å². The van der Waals surface area contributed by atoms with Crippen molar-refractivity contribution in [2.75, 3.05) is 9.44 Å². The van der Waals surface area contributed by atoms with Crippen molar-refractivity contribution in [3.63, 3.8) is 0 Å². The molecular weight excluding hydrogens is 898 g/mol. The van der Waals surface area contributed by atoms with Crippen LogP contribution in [0, 0.1) is 7.14 Å². The molecule has 0 aliphatic carbocycles. The number of anilines is 2. The van der Waals surface area contributed by atoms with E-state index in [-0.39, 0.29) is 43.4 Å². The molecule has 0 spiro atoms. The van der Waals surface area contributed by atoms with Crippen molar-refractivity contribution in [2.24, 2.45) is 0 Å². The number of benzene rings is 4. The number of halogens is 2. The van der Waals surface area contributed by atoms with E-state index in [4.69, 9.17) is 8.83 Å². The normalized spacial score (nSPS) is 12.1. The van der Waals surface area contributed by atoms with Gasteiger partial charge in [-0.05, 0) is 142 Å². The smallest absolute Gasteiger partial charge is 0.330 e. The lowest BCUT2D eigenvalue weighted by Crippen LogP contribution is -2.13. The molecule has 0 bridgehead atoms. The minimum Gasteiger partial charge on any atom is -0.403 e. The van der Waals surface area contributed by atoms with Crippen LogP contribution in [0.25, 0.3) is 22.9 Å². The predicted molar refractivity (Wildman–Crippen MR) is 185 cm³/mol. The van der Waals surface area contributed by atoms with Crippen molar-refractivity contribution in [1.82, 2.24) is 20.4 Å². The predicted octanol–water partition coefficient (Wildman–Crippen LogP) is 5.43. The van der Waals surface area contributed by atoms with Gasteiger partial charge in [0.05, 0.1) is 19.6 Å². The van der Waals surface area contributed by atoms with Gasteiger partial charge in [0.25, 0.3) is 20.0 Å². The number of rotatable bonds is 10. The summed E-state index contributed by atoms with van der Waals surface area (Å²) in [4.78, 5) is -0.0251. The van der Waals surface area contributed by atoms with Gasteiger partial charge in [-0.2, -0.15) is 0 Å². The monoisotopic (exact) mass is 916 g/mol. The lowest BCUT2D eigenvalue weighted by atomic mass is 10.2. The molecule has 2 N–H and O–H groups in total. The number of nitrogens with one attached hydrogen (secondary N) is 2. The highest BCUT2D eigenvalue weighted by Gasteiger charge is 2.22. The van der Waals surface area contributed by atoms with E-state index >= 15 is 0 Å². The van der Waals surface area contributed by atoms with E-state index in [0.717, 1.165) is 7.14 Å². The fourth-order valence-electron chi connectivity index (χ4n) is 4.03. The summed E-state index contributed by atoms with van der Waals surface area (Å²) in [5.41, 5.74) is 0.715. The Labute approximate surface area is 295 Å². The highest BCUT2D eigenvalue weighted by Crippen LogP contribution is 2.28. The van der Waals surface area contributed by atoms with E-state index in [1.807, 2.05) is 0 Å². The summed E-state index contributed by atoms with van der Waals surface area (Å²) in [7, 11) is -11.9. The summed E-state index contributed by atoms with van der Waals surface area (Å²) in [5, 5.41) is 15.2. The van der Waals surface area contributed by atoms with E-state index in [1.54, 1.807) is 24.3 Å². The summed E-state index contributed by atoms with van der Waals surface area (Å²) < 4.78 is 94.1. The Bertz CT molecular complexity index is 2230. The number of hydrogen-bond donors (Lipinski definition) is 2. The third-order valence-electron chi connectivity index (χ3n) is 6.36. The van der Waals surface area contributed by atoms with E-state index < -0.39 is 29.9 Å². The molecule has 0 amide bonds. The molecule has 0 saturated heterocycles. The van der Waals surface area contributed by atoms with Crippen molar-refractivity contribution in [2.45, 2.75) is 19.6 Å². The summed E-state index contributed by atoms with van der Waals surface area (Å²) in [6.07, 6.45) is 0. The van der Waals surface area contributed by atoms with Crippen LogP contribution in [-0.4, -0.2) is 45.6 Å². The summed E-state index contributed by atoms with van der Waals surface area (Å²) in [6.45, 7) is 0. The summed E-state index contributed by atoms with van der Waals surface area (Å²) in [5.74, 6) is -0.0586. The molecule has 0 fully saturated rings. The number of hydrogen-bond acceptors (Lipinski definition) is 12. The molecule has 240 valence electrons. The highest BCUT2D eigenvalue weighted by molar-refractivity contribution is 14.1. The number of aromatic nitrogens is 4. The molecule has 6 rings (SSSR count). The molecule has 14 nitrogen and oxygen atoms in total. The van der Waals surface area contributed by atoms with E-state index in [1.165, 1.54) is 72.8 Å². The Balaban J connectivity index is 1.13. The topological polar surface area (TPSA) is 204 Å². The average Bonchev–Trinajstić information content (AvgIpc) is 3.71. The highest BCUT2D eigenvalue weighted by atomic mass is 127. The van der Waals surface area contributed by atoms with Gasteiger partial charge in [0.1, 0.15) is 0 Å². The second-order valence-corrected chi connectivity index (χ2v) is 17.3. The maximum atomic E-state index is 13.3. The van der Waals surface area contributed by atoms with Crippen LogP contribution in [-0.2, 0) is 29.9 Å².